The van der Waals surface area contributed by atoms with E-state index in [1.165, 1.54) is 5.69 Å². The van der Waals surface area contributed by atoms with E-state index in [0.717, 1.165) is 37.3 Å². The van der Waals surface area contributed by atoms with Crippen LogP contribution in [0.5, 0.6) is 5.75 Å². The summed E-state index contributed by atoms with van der Waals surface area (Å²) in [5.74, 6) is 0.753. The number of anilines is 1. The molecule has 0 bridgehead atoms. The fourth-order valence-electron chi connectivity index (χ4n) is 4.46. The van der Waals surface area contributed by atoms with Crippen LogP contribution < -0.4 is 20.3 Å². The molecule has 0 spiro atoms. The monoisotopic (exact) mass is 430 g/mol. The van der Waals surface area contributed by atoms with Crippen LogP contribution in [0.25, 0.3) is 16.6 Å². The van der Waals surface area contributed by atoms with Gasteiger partial charge in [-0.05, 0) is 30.7 Å². The zero-order chi connectivity index (χ0) is 22.1. The molecule has 0 aliphatic carbocycles. The van der Waals surface area contributed by atoms with E-state index in [1.807, 2.05) is 19.2 Å². The van der Waals surface area contributed by atoms with Crippen LogP contribution >= 0.6 is 0 Å². The number of ether oxygens (including phenoxy) is 1. The van der Waals surface area contributed by atoms with Gasteiger partial charge in [-0.15, -0.1) is 0 Å². The first kappa shape index (κ1) is 20.3. The van der Waals surface area contributed by atoms with Crippen molar-refractivity contribution < 1.29 is 9.53 Å². The quantitative estimate of drug-likeness (QED) is 0.644. The first-order valence-electron chi connectivity index (χ1n) is 11.0. The minimum Gasteiger partial charge on any atom is -0.488 e. The van der Waals surface area contributed by atoms with Gasteiger partial charge in [0.1, 0.15) is 29.0 Å². The van der Waals surface area contributed by atoms with Gasteiger partial charge in [0.05, 0.1) is 6.20 Å². The van der Waals surface area contributed by atoms with Crippen LogP contribution in [0, 0.1) is 17.2 Å². The number of hydrogen-bond acceptors (Lipinski definition) is 6. The number of nitrogens with one attached hydrogen (secondary N) is 2. The first-order valence-corrected chi connectivity index (χ1v) is 11.0. The lowest BCUT2D eigenvalue weighted by molar-refractivity contribution is -0.119. The Balaban J connectivity index is 1.47. The van der Waals surface area contributed by atoms with Gasteiger partial charge in [-0.2, -0.15) is 10.4 Å². The molecule has 0 saturated carbocycles. The molecule has 2 saturated heterocycles. The number of nitriles is 1. The minimum atomic E-state index is -0.176. The molecule has 32 heavy (non-hydrogen) atoms. The molecule has 164 valence electrons. The largest absolute Gasteiger partial charge is 0.488 e. The van der Waals surface area contributed by atoms with Crippen molar-refractivity contribution in [2.75, 3.05) is 37.6 Å². The summed E-state index contributed by atoms with van der Waals surface area (Å²) in [7, 11) is 0. The third kappa shape index (κ3) is 3.87. The Morgan fingerprint density at radius 1 is 1.22 bits per heavy atom. The second kappa shape index (κ2) is 8.52. The van der Waals surface area contributed by atoms with Crippen molar-refractivity contribution in [1.29, 1.82) is 5.26 Å². The van der Waals surface area contributed by atoms with E-state index >= 15 is 0 Å². The molecular weight excluding hydrogens is 404 g/mol. The van der Waals surface area contributed by atoms with Crippen LogP contribution in [0.15, 0.2) is 42.7 Å². The molecule has 2 aliphatic heterocycles. The highest BCUT2D eigenvalue weighted by Crippen LogP contribution is 2.33. The Bertz CT molecular complexity index is 1170. The Kier molecular flexibility index (Phi) is 5.41. The minimum absolute atomic E-state index is 0.0518. The van der Waals surface area contributed by atoms with Gasteiger partial charge in [-0.25, -0.2) is 4.52 Å². The fraction of sp³-hybridized carbons (Fsp3) is 0.375. The number of rotatable bonds is 5. The van der Waals surface area contributed by atoms with Gasteiger partial charge in [0, 0.05) is 62.5 Å². The summed E-state index contributed by atoms with van der Waals surface area (Å²) in [5, 5.41) is 20.2. The number of benzene rings is 1. The molecular formula is C24H26N6O2. The standard InChI is InChI=1S/C24H26N6O2/c1-16(18-11-23(31)27-13-18)32-22-10-19(15-30-24(22)20(12-25)14-28-30)17-2-4-21(5-3-17)29-8-6-26-7-9-29/h2-5,10,14-16,18,26H,6-9,11,13H2,1H3,(H,27,31)/t16-,18-/m1/s1. The number of hydrogen-bond donors (Lipinski definition) is 2. The van der Waals surface area contributed by atoms with E-state index < -0.39 is 0 Å². The van der Waals surface area contributed by atoms with E-state index in [9.17, 15) is 10.1 Å². The van der Waals surface area contributed by atoms with Crippen molar-refractivity contribution >= 4 is 17.1 Å². The lowest BCUT2D eigenvalue weighted by atomic mass is 10.0. The van der Waals surface area contributed by atoms with E-state index in [0.29, 0.717) is 29.8 Å². The van der Waals surface area contributed by atoms with E-state index in [2.05, 4.69) is 51.0 Å². The van der Waals surface area contributed by atoms with Crippen molar-refractivity contribution in [3.63, 3.8) is 0 Å². The molecule has 2 N–H and O–H groups in total. The van der Waals surface area contributed by atoms with Crippen molar-refractivity contribution in [3.8, 4) is 22.9 Å². The van der Waals surface area contributed by atoms with Crippen molar-refractivity contribution in [2.24, 2.45) is 5.92 Å². The summed E-state index contributed by atoms with van der Waals surface area (Å²) in [6, 6.07) is 12.7. The van der Waals surface area contributed by atoms with Gasteiger partial charge >= 0.3 is 0 Å². The average Bonchev–Trinajstić information content (AvgIpc) is 3.46. The van der Waals surface area contributed by atoms with Gasteiger partial charge in [0.15, 0.2) is 0 Å². The number of nitrogens with zero attached hydrogens (tertiary/aromatic N) is 4. The molecule has 0 unspecified atom stereocenters. The molecule has 2 fully saturated rings. The number of aromatic nitrogens is 2. The molecule has 4 heterocycles. The number of pyridine rings is 1. The first-order chi connectivity index (χ1) is 15.6. The SMILES string of the molecule is C[C@@H](Oc1cc(-c2ccc(N3CCNCC3)cc2)cn2ncc(C#N)c12)[C@H]1CNC(=O)C1. The number of carbonyl (C=O) groups is 1. The summed E-state index contributed by atoms with van der Waals surface area (Å²) in [6.07, 6.45) is 3.76. The molecule has 1 aromatic carbocycles. The van der Waals surface area contributed by atoms with Crippen molar-refractivity contribution in [1.82, 2.24) is 20.2 Å². The van der Waals surface area contributed by atoms with Gasteiger partial charge in [-0.1, -0.05) is 12.1 Å². The van der Waals surface area contributed by atoms with Crippen LogP contribution in [-0.2, 0) is 4.79 Å². The molecule has 3 aromatic rings. The third-order valence-electron chi connectivity index (χ3n) is 6.37. The average molecular weight is 431 g/mol. The molecule has 2 atom stereocenters. The molecule has 2 aromatic heterocycles. The van der Waals surface area contributed by atoms with Crippen LogP contribution in [-0.4, -0.2) is 54.3 Å². The van der Waals surface area contributed by atoms with Crippen LogP contribution in [0.1, 0.15) is 18.9 Å². The smallest absolute Gasteiger partial charge is 0.220 e. The highest BCUT2D eigenvalue weighted by molar-refractivity contribution is 5.78. The Labute approximate surface area is 186 Å². The summed E-state index contributed by atoms with van der Waals surface area (Å²) in [5.41, 5.74) is 4.34. The van der Waals surface area contributed by atoms with Gasteiger partial charge in [-0.3, -0.25) is 4.79 Å². The lowest BCUT2D eigenvalue weighted by Gasteiger charge is -2.29. The lowest BCUT2D eigenvalue weighted by Crippen LogP contribution is -2.43. The molecule has 8 nitrogen and oxygen atoms in total. The summed E-state index contributed by atoms with van der Waals surface area (Å²) < 4.78 is 8.03. The Morgan fingerprint density at radius 2 is 2.00 bits per heavy atom. The summed E-state index contributed by atoms with van der Waals surface area (Å²) in [6.45, 7) is 6.58. The van der Waals surface area contributed by atoms with E-state index in [-0.39, 0.29) is 17.9 Å². The normalized spacial score (nSPS) is 19.6. The van der Waals surface area contributed by atoms with E-state index in [1.54, 1.807) is 10.7 Å². The number of piperazine rings is 1. The van der Waals surface area contributed by atoms with Gasteiger partial charge in [0.25, 0.3) is 0 Å². The fourth-order valence-corrected chi connectivity index (χ4v) is 4.46. The summed E-state index contributed by atoms with van der Waals surface area (Å²) in [4.78, 5) is 14.0. The van der Waals surface area contributed by atoms with Gasteiger partial charge < -0.3 is 20.3 Å². The number of carbonyl (C=O) groups excluding carboxylic acids is 1. The zero-order valence-electron chi connectivity index (χ0n) is 18.0. The maximum atomic E-state index is 11.6. The van der Waals surface area contributed by atoms with Crippen LogP contribution in [0.3, 0.4) is 0 Å². The maximum Gasteiger partial charge on any atom is 0.220 e. The molecule has 2 aliphatic rings. The molecule has 0 radical (unpaired) electrons. The Hall–Kier alpha value is -3.57. The highest BCUT2D eigenvalue weighted by atomic mass is 16.5. The molecule has 5 rings (SSSR count). The molecule has 1 amide bonds. The van der Waals surface area contributed by atoms with Crippen LogP contribution in [0.2, 0.25) is 0 Å². The maximum absolute atomic E-state index is 11.6. The number of amides is 1. The predicted octanol–water partition coefficient (Wildman–Crippen LogP) is 2.19. The third-order valence-corrected chi connectivity index (χ3v) is 6.37. The topological polar surface area (TPSA) is 94.7 Å². The Morgan fingerprint density at radius 3 is 2.69 bits per heavy atom. The zero-order valence-corrected chi connectivity index (χ0v) is 18.0. The predicted molar refractivity (Wildman–Crippen MR) is 122 cm³/mol. The second-order valence-electron chi connectivity index (χ2n) is 8.43. The second-order valence-corrected chi connectivity index (χ2v) is 8.43. The number of fused-ring (bicyclic) bond motifs is 1. The van der Waals surface area contributed by atoms with Gasteiger partial charge in [0.2, 0.25) is 5.91 Å². The summed E-state index contributed by atoms with van der Waals surface area (Å²) >= 11 is 0. The van der Waals surface area contributed by atoms with Crippen molar-refractivity contribution in [2.45, 2.75) is 19.4 Å². The van der Waals surface area contributed by atoms with Crippen molar-refractivity contribution in [3.05, 3.63) is 48.3 Å². The van der Waals surface area contributed by atoms with E-state index in [4.69, 9.17) is 4.74 Å². The van der Waals surface area contributed by atoms with Crippen LogP contribution in [0.4, 0.5) is 5.69 Å². The highest BCUT2D eigenvalue weighted by Gasteiger charge is 2.29. The molecule has 8 heteroatoms.